The molecule has 0 saturated heterocycles. The molecule has 0 fully saturated rings. The van der Waals surface area contributed by atoms with Crippen LogP contribution in [0.25, 0.3) is 0 Å². The van der Waals surface area contributed by atoms with Crippen molar-refractivity contribution < 1.29 is 19.0 Å². The lowest BCUT2D eigenvalue weighted by Crippen LogP contribution is -2.15. The molecular formula is C19H25N3O4. The summed E-state index contributed by atoms with van der Waals surface area (Å²) in [6.45, 7) is 1.49. The van der Waals surface area contributed by atoms with Crippen LogP contribution >= 0.6 is 0 Å². The highest BCUT2D eigenvalue weighted by Gasteiger charge is 2.09. The molecule has 0 atom stereocenters. The number of hydrogen-bond acceptors (Lipinski definition) is 6. The molecule has 1 aromatic carbocycles. The van der Waals surface area contributed by atoms with Crippen molar-refractivity contribution in [3.05, 3.63) is 42.1 Å². The summed E-state index contributed by atoms with van der Waals surface area (Å²) in [5.74, 6) is 1.87. The molecule has 1 amide bonds. The first-order valence-electron chi connectivity index (χ1n) is 8.36. The van der Waals surface area contributed by atoms with E-state index in [-0.39, 0.29) is 12.3 Å². The Labute approximate surface area is 153 Å². The fraction of sp³-hybridized carbons (Fsp3) is 0.368. The third-order valence-electron chi connectivity index (χ3n) is 3.69. The number of ether oxygens (including phenoxy) is 3. The van der Waals surface area contributed by atoms with Gasteiger partial charge in [0.05, 0.1) is 32.5 Å². The second-order valence-corrected chi connectivity index (χ2v) is 5.62. The first kappa shape index (κ1) is 19.5. The Morgan fingerprint density at radius 3 is 2.54 bits per heavy atom. The number of benzene rings is 1. The third-order valence-corrected chi connectivity index (χ3v) is 3.69. The van der Waals surface area contributed by atoms with Crippen LogP contribution in [-0.4, -0.2) is 45.4 Å². The topological polar surface area (TPSA) is 81.7 Å². The lowest BCUT2D eigenvalue weighted by molar-refractivity contribution is -0.115. The van der Waals surface area contributed by atoms with E-state index in [9.17, 15) is 4.79 Å². The van der Waals surface area contributed by atoms with Gasteiger partial charge in [-0.15, -0.1) is 0 Å². The van der Waals surface area contributed by atoms with E-state index in [1.54, 1.807) is 39.7 Å². The highest BCUT2D eigenvalue weighted by Crippen LogP contribution is 2.27. The average Bonchev–Trinajstić information content (AvgIpc) is 2.66. The molecule has 2 aromatic rings. The first-order valence-corrected chi connectivity index (χ1v) is 8.36. The maximum absolute atomic E-state index is 12.2. The number of carbonyl (C=O) groups is 1. The zero-order chi connectivity index (χ0) is 18.8. The standard InChI is InChI=1S/C19H25N3O4/c1-24-10-4-9-20-18-8-6-15(13-21-18)22-19(23)12-14-5-7-16(25-2)17(11-14)26-3/h5-8,11,13H,4,9-10,12H2,1-3H3,(H,20,21)(H,22,23). The van der Waals surface area contributed by atoms with Crippen LogP contribution in [0, 0.1) is 0 Å². The van der Waals surface area contributed by atoms with E-state index in [0.717, 1.165) is 24.3 Å². The summed E-state index contributed by atoms with van der Waals surface area (Å²) in [6.07, 6.45) is 2.77. The molecule has 0 aliphatic heterocycles. The van der Waals surface area contributed by atoms with Gasteiger partial charge in [0, 0.05) is 20.3 Å². The average molecular weight is 359 g/mol. The summed E-state index contributed by atoms with van der Waals surface area (Å²) < 4.78 is 15.4. The molecular weight excluding hydrogens is 334 g/mol. The van der Waals surface area contributed by atoms with Crippen LogP contribution in [0.1, 0.15) is 12.0 Å². The maximum Gasteiger partial charge on any atom is 0.228 e. The lowest BCUT2D eigenvalue weighted by atomic mass is 10.1. The van der Waals surface area contributed by atoms with E-state index in [2.05, 4.69) is 15.6 Å². The molecule has 2 rings (SSSR count). The Kier molecular flexibility index (Phi) is 7.70. The predicted octanol–water partition coefficient (Wildman–Crippen LogP) is 2.73. The minimum absolute atomic E-state index is 0.125. The van der Waals surface area contributed by atoms with Gasteiger partial charge in [0.15, 0.2) is 11.5 Å². The number of nitrogens with one attached hydrogen (secondary N) is 2. The van der Waals surface area contributed by atoms with Gasteiger partial charge in [0.25, 0.3) is 0 Å². The zero-order valence-corrected chi connectivity index (χ0v) is 15.4. The molecule has 26 heavy (non-hydrogen) atoms. The van der Waals surface area contributed by atoms with Gasteiger partial charge in [-0.25, -0.2) is 4.98 Å². The van der Waals surface area contributed by atoms with Crippen LogP contribution in [0.15, 0.2) is 36.5 Å². The summed E-state index contributed by atoms with van der Waals surface area (Å²) in [5.41, 5.74) is 1.49. The summed E-state index contributed by atoms with van der Waals surface area (Å²) in [5, 5.41) is 6.03. The summed E-state index contributed by atoms with van der Waals surface area (Å²) in [7, 11) is 4.82. The Morgan fingerprint density at radius 2 is 1.88 bits per heavy atom. The van der Waals surface area contributed by atoms with Crippen LogP contribution < -0.4 is 20.1 Å². The Morgan fingerprint density at radius 1 is 1.08 bits per heavy atom. The van der Waals surface area contributed by atoms with Crippen LogP contribution in [0.4, 0.5) is 11.5 Å². The van der Waals surface area contributed by atoms with Gasteiger partial charge in [-0.05, 0) is 36.2 Å². The molecule has 0 aliphatic rings. The lowest BCUT2D eigenvalue weighted by Gasteiger charge is -2.10. The number of methoxy groups -OCH3 is 3. The number of carbonyl (C=O) groups excluding carboxylic acids is 1. The predicted molar refractivity (Wildman–Crippen MR) is 101 cm³/mol. The van der Waals surface area contributed by atoms with Gasteiger partial charge in [-0.3, -0.25) is 4.79 Å². The fourth-order valence-electron chi connectivity index (χ4n) is 2.39. The summed E-state index contributed by atoms with van der Waals surface area (Å²) >= 11 is 0. The molecule has 7 nitrogen and oxygen atoms in total. The Balaban J connectivity index is 1.87. The molecule has 0 saturated carbocycles. The number of amides is 1. The van der Waals surface area contributed by atoms with Crippen molar-refractivity contribution in [2.24, 2.45) is 0 Å². The second-order valence-electron chi connectivity index (χ2n) is 5.62. The van der Waals surface area contributed by atoms with Gasteiger partial charge < -0.3 is 24.8 Å². The number of anilines is 2. The molecule has 0 aliphatic carbocycles. The Bertz CT molecular complexity index is 704. The van der Waals surface area contributed by atoms with Gasteiger partial charge in [-0.2, -0.15) is 0 Å². The minimum Gasteiger partial charge on any atom is -0.493 e. The molecule has 1 heterocycles. The molecule has 0 radical (unpaired) electrons. The van der Waals surface area contributed by atoms with Crippen molar-refractivity contribution in [2.45, 2.75) is 12.8 Å². The maximum atomic E-state index is 12.2. The van der Waals surface area contributed by atoms with Crippen molar-refractivity contribution in [2.75, 3.05) is 45.1 Å². The highest BCUT2D eigenvalue weighted by atomic mass is 16.5. The normalized spacial score (nSPS) is 10.3. The number of aromatic nitrogens is 1. The number of rotatable bonds is 10. The fourth-order valence-corrected chi connectivity index (χ4v) is 2.39. The highest BCUT2D eigenvalue weighted by molar-refractivity contribution is 5.92. The van der Waals surface area contributed by atoms with Crippen molar-refractivity contribution in [1.29, 1.82) is 0 Å². The van der Waals surface area contributed by atoms with Gasteiger partial charge >= 0.3 is 0 Å². The smallest absolute Gasteiger partial charge is 0.228 e. The number of nitrogens with zero attached hydrogens (tertiary/aromatic N) is 1. The van der Waals surface area contributed by atoms with Crippen molar-refractivity contribution in [1.82, 2.24) is 4.98 Å². The van der Waals surface area contributed by atoms with E-state index >= 15 is 0 Å². The van der Waals surface area contributed by atoms with Gasteiger partial charge in [0.1, 0.15) is 5.82 Å². The largest absolute Gasteiger partial charge is 0.493 e. The first-order chi connectivity index (χ1) is 12.7. The number of pyridine rings is 1. The second kappa shape index (κ2) is 10.2. The van der Waals surface area contributed by atoms with Crippen molar-refractivity contribution in [3.63, 3.8) is 0 Å². The van der Waals surface area contributed by atoms with Crippen LogP contribution in [0.5, 0.6) is 11.5 Å². The molecule has 0 bridgehead atoms. The van der Waals surface area contributed by atoms with Gasteiger partial charge in [-0.1, -0.05) is 6.07 Å². The summed E-state index contributed by atoms with van der Waals surface area (Å²) in [6, 6.07) is 9.07. The molecule has 2 N–H and O–H groups in total. The van der Waals surface area contributed by atoms with Crippen LogP contribution in [0.2, 0.25) is 0 Å². The zero-order valence-electron chi connectivity index (χ0n) is 15.4. The summed E-state index contributed by atoms with van der Waals surface area (Å²) in [4.78, 5) is 16.5. The van der Waals surface area contributed by atoms with Crippen molar-refractivity contribution >= 4 is 17.4 Å². The third kappa shape index (κ3) is 5.93. The van der Waals surface area contributed by atoms with E-state index < -0.39 is 0 Å². The number of hydrogen-bond donors (Lipinski definition) is 2. The quantitative estimate of drug-likeness (QED) is 0.635. The molecule has 0 spiro atoms. The van der Waals surface area contributed by atoms with Crippen LogP contribution in [-0.2, 0) is 16.0 Å². The Hall–Kier alpha value is -2.80. The molecule has 1 aromatic heterocycles. The van der Waals surface area contributed by atoms with Crippen LogP contribution in [0.3, 0.4) is 0 Å². The monoisotopic (exact) mass is 359 g/mol. The molecule has 7 heteroatoms. The SMILES string of the molecule is COCCCNc1ccc(NC(=O)Cc2ccc(OC)c(OC)c2)cn1. The van der Waals surface area contributed by atoms with Crippen molar-refractivity contribution in [3.8, 4) is 11.5 Å². The van der Waals surface area contributed by atoms with E-state index in [1.807, 2.05) is 18.2 Å². The van der Waals surface area contributed by atoms with E-state index in [0.29, 0.717) is 23.8 Å². The van der Waals surface area contributed by atoms with E-state index in [1.165, 1.54) is 0 Å². The molecule has 140 valence electrons. The minimum atomic E-state index is -0.125. The van der Waals surface area contributed by atoms with Gasteiger partial charge in [0.2, 0.25) is 5.91 Å². The van der Waals surface area contributed by atoms with E-state index in [4.69, 9.17) is 14.2 Å². The molecule has 0 unspecified atom stereocenters.